The van der Waals surface area contributed by atoms with Crippen LogP contribution in [0.15, 0.2) is 24.3 Å². The van der Waals surface area contributed by atoms with E-state index < -0.39 is 6.04 Å². The quantitative estimate of drug-likeness (QED) is 0.889. The first-order valence-electron chi connectivity index (χ1n) is 7.16. The number of piperazine rings is 1. The van der Waals surface area contributed by atoms with Crippen LogP contribution >= 0.6 is 0 Å². The van der Waals surface area contributed by atoms with Crippen LogP contribution in [0.1, 0.15) is 24.4 Å². The molecule has 2 unspecified atom stereocenters. The summed E-state index contributed by atoms with van der Waals surface area (Å²) in [5.41, 5.74) is 6.38. The van der Waals surface area contributed by atoms with E-state index in [4.69, 9.17) is 5.73 Å². The van der Waals surface area contributed by atoms with Gasteiger partial charge in [0.25, 0.3) is 0 Å². The van der Waals surface area contributed by atoms with Crippen molar-refractivity contribution in [3.63, 3.8) is 0 Å². The minimum atomic E-state index is -0.629. The van der Waals surface area contributed by atoms with Gasteiger partial charge < -0.3 is 15.5 Å². The molecule has 2 fully saturated rings. The molecule has 0 spiro atoms. The van der Waals surface area contributed by atoms with Crippen molar-refractivity contribution in [1.82, 2.24) is 9.80 Å². The smallest absolute Gasteiger partial charge is 0.245 e. The van der Waals surface area contributed by atoms with Crippen LogP contribution < -0.4 is 5.73 Å². The number of hydrogen-bond acceptors (Lipinski definition) is 3. The summed E-state index contributed by atoms with van der Waals surface area (Å²) in [7, 11) is 0. The molecule has 0 aromatic heterocycles. The van der Waals surface area contributed by atoms with Crippen molar-refractivity contribution in [2.24, 2.45) is 5.73 Å². The van der Waals surface area contributed by atoms with Gasteiger partial charge in [-0.2, -0.15) is 0 Å². The van der Waals surface area contributed by atoms with Gasteiger partial charge in [-0.1, -0.05) is 18.2 Å². The first-order chi connectivity index (χ1) is 10.1. The Morgan fingerprint density at radius 1 is 1.33 bits per heavy atom. The topological polar surface area (TPSA) is 66.6 Å². The number of benzene rings is 1. The number of carbonyl (C=O) groups is 2. The Hall–Kier alpha value is -1.95. The molecule has 0 aliphatic carbocycles. The molecule has 5 nitrogen and oxygen atoms in total. The Bertz CT molecular complexity index is 578. The van der Waals surface area contributed by atoms with Gasteiger partial charge in [-0.25, -0.2) is 4.39 Å². The predicted molar refractivity (Wildman–Crippen MR) is 74.6 cm³/mol. The average Bonchev–Trinajstić information content (AvgIpc) is 2.95. The summed E-state index contributed by atoms with van der Waals surface area (Å²) < 4.78 is 13.7. The monoisotopic (exact) mass is 291 g/mol. The summed E-state index contributed by atoms with van der Waals surface area (Å²) in [5, 5.41) is 0. The van der Waals surface area contributed by atoms with Gasteiger partial charge in [0.15, 0.2) is 0 Å². The van der Waals surface area contributed by atoms with Gasteiger partial charge in [-0.15, -0.1) is 0 Å². The molecule has 0 bridgehead atoms. The van der Waals surface area contributed by atoms with Crippen LogP contribution in [0.4, 0.5) is 4.39 Å². The zero-order valence-electron chi connectivity index (χ0n) is 11.7. The highest BCUT2D eigenvalue weighted by Gasteiger charge is 2.42. The van der Waals surface area contributed by atoms with E-state index in [-0.39, 0.29) is 36.8 Å². The second-order valence-electron chi connectivity index (χ2n) is 5.59. The van der Waals surface area contributed by atoms with Crippen molar-refractivity contribution >= 4 is 11.8 Å². The van der Waals surface area contributed by atoms with Gasteiger partial charge in [0.05, 0.1) is 12.6 Å². The number of amides is 2. The SMILES string of the molecule is NC(CN1CC(=O)N2CCCC2C1=O)c1ccccc1F. The summed E-state index contributed by atoms with van der Waals surface area (Å²) in [4.78, 5) is 27.5. The highest BCUT2D eigenvalue weighted by molar-refractivity contribution is 5.95. The maximum Gasteiger partial charge on any atom is 0.245 e. The fourth-order valence-corrected chi connectivity index (χ4v) is 3.13. The third-order valence-corrected chi connectivity index (χ3v) is 4.22. The van der Waals surface area contributed by atoms with Crippen LogP contribution in [0.3, 0.4) is 0 Å². The van der Waals surface area contributed by atoms with Gasteiger partial charge in [0.2, 0.25) is 11.8 Å². The molecule has 1 aromatic rings. The summed E-state index contributed by atoms with van der Waals surface area (Å²) in [6, 6.07) is 5.28. The Balaban J connectivity index is 1.74. The van der Waals surface area contributed by atoms with Gasteiger partial charge >= 0.3 is 0 Å². The molecule has 0 radical (unpaired) electrons. The third-order valence-electron chi connectivity index (χ3n) is 4.22. The van der Waals surface area contributed by atoms with E-state index in [0.717, 1.165) is 6.42 Å². The second kappa shape index (κ2) is 5.44. The van der Waals surface area contributed by atoms with Crippen molar-refractivity contribution in [3.8, 4) is 0 Å². The predicted octanol–water partition coefficient (Wildman–Crippen LogP) is 0.659. The lowest BCUT2D eigenvalue weighted by Crippen LogP contribution is -2.58. The number of nitrogens with zero attached hydrogens (tertiary/aromatic N) is 2. The van der Waals surface area contributed by atoms with Crippen LogP contribution in [0.5, 0.6) is 0 Å². The Labute approximate surface area is 122 Å². The van der Waals surface area contributed by atoms with E-state index in [1.54, 1.807) is 23.1 Å². The largest absolute Gasteiger partial charge is 0.330 e. The number of halogens is 1. The zero-order chi connectivity index (χ0) is 15.0. The molecule has 3 rings (SSSR count). The lowest BCUT2D eigenvalue weighted by Gasteiger charge is -2.37. The normalized spacial score (nSPS) is 23.4. The fourth-order valence-electron chi connectivity index (χ4n) is 3.13. The lowest BCUT2D eigenvalue weighted by molar-refractivity contribution is -0.153. The number of carbonyl (C=O) groups excluding carboxylic acids is 2. The van der Waals surface area contributed by atoms with Crippen molar-refractivity contribution in [1.29, 1.82) is 0 Å². The molecule has 2 aliphatic heterocycles. The van der Waals surface area contributed by atoms with Crippen LogP contribution in [-0.4, -0.2) is 47.3 Å². The maximum absolute atomic E-state index is 13.7. The van der Waals surface area contributed by atoms with Gasteiger partial charge in [-0.05, 0) is 18.9 Å². The van der Waals surface area contributed by atoms with Gasteiger partial charge in [-0.3, -0.25) is 9.59 Å². The lowest BCUT2D eigenvalue weighted by atomic mass is 10.0. The molecule has 0 saturated carbocycles. The van der Waals surface area contributed by atoms with E-state index in [2.05, 4.69) is 0 Å². The molecule has 21 heavy (non-hydrogen) atoms. The molecule has 2 aliphatic rings. The molecule has 6 heteroatoms. The minimum Gasteiger partial charge on any atom is -0.330 e. The highest BCUT2D eigenvalue weighted by atomic mass is 19.1. The Morgan fingerprint density at radius 3 is 2.86 bits per heavy atom. The van der Waals surface area contributed by atoms with E-state index in [1.807, 2.05) is 0 Å². The summed E-state index contributed by atoms with van der Waals surface area (Å²) in [6.45, 7) is 0.857. The van der Waals surface area contributed by atoms with Crippen LogP contribution in [0, 0.1) is 5.82 Å². The van der Waals surface area contributed by atoms with E-state index in [9.17, 15) is 14.0 Å². The second-order valence-corrected chi connectivity index (χ2v) is 5.59. The van der Waals surface area contributed by atoms with Crippen molar-refractivity contribution in [2.75, 3.05) is 19.6 Å². The number of hydrogen-bond donors (Lipinski definition) is 1. The number of fused-ring (bicyclic) bond motifs is 1. The molecule has 2 amide bonds. The third kappa shape index (κ3) is 2.51. The van der Waals surface area contributed by atoms with Gasteiger partial charge in [0.1, 0.15) is 11.9 Å². The van der Waals surface area contributed by atoms with E-state index in [0.29, 0.717) is 18.5 Å². The van der Waals surface area contributed by atoms with Crippen LogP contribution in [0.2, 0.25) is 0 Å². The Morgan fingerprint density at radius 2 is 2.10 bits per heavy atom. The zero-order valence-corrected chi connectivity index (χ0v) is 11.7. The molecule has 1 aromatic carbocycles. The fraction of sp³-hybridized carbons (Fsp3) is 0.467. The van der Waals surface area contributed by atoms with Crippen LogP contribution in [-0.2, 0) is 9.59 Å². The van der Waals surface area contributed by atoms with Crippen molar-refractivity contribution in [3.05, 3.63) is 35.6 Å². The van der Waals surface area contributed by atoms with E-state index >= 15 is 0 Å². The standard InChI is InChI=1S/C15H18FN3O2/c16-11-5-2-1-4-10(11)12(17)8-18-9-14(20)19-7-3-6-13(19)15(18)21/h1-2,4-5,12-13H,3,6-9,17H2. The number of rotatable bonds is 3. The molecular formula is C15H18FN3O2. The summed E-state index contributed by atoms with van der Waals surface area (Å²) in [5.74, 6) is -0.500. The molecule has 2 N–H and O–H groups in total. The molecule has 2 atom stereocenters. The summed E-state index contributed by atoms with van der Waals surface area (Å²) >= 11 is 0. The number of nitrogens with two attached hydrogens (primary N) is 1. The van der Waals surface area contributed by atoms with Crippen molar-refractivity contribution in [2.45, 2.75) is 24.9 Å². The van der Waals surface area contributed by atoms with Gasteiger partial charge in [0, 0.05) is 18.7 Å². The molecular weight excluding hydrogens is 273 g/mol. The molecule has 2 heterocycles. The minimum absolute atomic E-state index is 0.0392. The Kier molecular flexibility index (Phi) is 3.63. The molecule has 112 valence electrons. The maximum atomic E-state index is 13.7. The first kappa shape index (κ1) is 14.0. The summed E-state index contributed by atoms with van der Waals surface area (Å²) in [6.07, 6.45) is 1.56. The van der Waals surface area contributed by atoms with Crippen molar-refractivity contribution < 1.29 is 14.0 Å². The van der Waals surface area contributed by atoms with E-state index in [1.165, 1.54) is 11.0 Å². The average molecular weight is 291 g/mol. The first-order valence-corrected chi connectivity index (χ1v) is 7.16. The van der Waals surface area contributed by atoms with Crippen LogP contribution in [0.25, 0.3) is 0 Å². The highest BCUT2D eigenvalue weighted by Crippen LogP contribution is 2.25. The molecule has 2 saturated heterocycles.